The Labute approximate surface area is 122 Å². The first kappa shape index (κ1) is 17.1. The maximum Gasteiger partial charge on any atom is 0.349 e. The molecule has 0 radical (unpaired) electrons. The zero-order chi connectivity index (χ0) is 15.7. The van der Waals surface area contributed by atoms with E-state index in [0.717, 1.165) is 11.3 Å². The molecule has 0 aliphatic carbocycles. The second kappa shape index (κ2) is 5.80. The van der Waals surface area contributed by atoms with Crippen LogP contribution in [0.4, 0.5) is 0 Å². The lowest BCUT2D eigenvalue weighted by Crippen LogP contribution is -2.51. The van der Waals surface area contributed by atoms with Crippen molar-refractivity contribution in [2.75, 3.05) is 7.11 Å². The van der Waals surface area contributed by atoms with Gasteiger partial charge < -0.3 is 9.84 Å². The van der Waals surface area contributed by atoms with Crippen molar-refractivity contribution < 1.29 is 23.1 Å². The quantitative estimate of drug-likeness (QED) is 0.797. The molecule has 0 aliphatic heterocycles. The number of aryl methyl sites for hydroxylation is 1. The number of rotatable bonds is 5. The Kier molecular flexibility index (Phi) is 4.96. The minimum atomic E-state index is -3.94. The number of carbonyl (C=O) groups is 1. The smallest absolute Gasteiger partial charge is 0.349 e. The molecule has 0 saturated heterocycles. The molecule has 20 heavy (non-hydrogen) atoms. The first-order valence-electron chi connectivity index (χ1n) is 5.91. The minimum absolute atomic E-state index is 0.0268. The largest absolute Gasteiger partial charge is 0.465 e. The molecule has 0 aromatic carbocycles. The molecule has 0 saturated carbocycles. The molecule has 1 atom stereocenters. The van der Waals surface area contributed by atoms with E-state index in [0.29, 0.717) is 5.56 Å². The Morgan fingerprint density at radius 3 is 2.50 bits per heavy atom. The number of methoxy groups -OCH3 is 1. The van der Waals surface area contributed by atoms with Gasteiger partial charge in [-0.05, 0) is 38.6 Å². The first-order valence-corrected chi connectivity index (χ1v) is 8.27. The van der Waals surface area contributed by atoms with Crippen LogP contribution in [-0.2, 0) is 14.8 Å². The summed E-state index contributed by atoms with van der Waals surface area (Å²) in [5.74, 6) is -0.696. The average molecular weight is 321 g/mol. The van der Waals surface area contributed by atoms with Crippen LogP contribution in [0.25, 0.3) is 0 Å². The van der Waals surface area contributed by atoms with Gasteiger partial charge in [0.2, 0.25) is 10.0 Å². The summed E-state index contributed by atoms with van der Waals surface area (Å²) in [5.41, 5.74) is -0.593. The molecular formula is C12H19NO5S2. The number of carbonyl (C=O) groups excluding carboxylic acids is 1. The van der Waals surface area contributed by atoms with Crippen molar-refractivity contribution in [2.24, 2.45) is 0 Å². The highest BCUT2D eigenvalue weighted by atomic mass is 32.2. The molecule has 8 heteroatoms. The SMILES string of the molecule is COC(=O)c1scc(C)c1S(=O)(=O)NC(C)(C)C(C)O. The second-order valence-corrected chi connectivity index (χ2v) is 7.57. The Balaban J connectivity index is 3.30. The van der Waals surface area contributed by atoms with Crippen molar-refractivity contribution in [3.05, 3.63) is 15.8 Å². The third-order valence-corrected chi connectivity index (χ3v) is 6.06. The van der Waals surface area contributed by atoms with Crippen LogP contribution in [0.3, 0.4) is 0 Å². The lowest BCUT2D eigenvalue weighted by atomic mass is 10.0. The van der Waals surface area contributed by atoms with Gasteiger partial charge in [-0.2, -0.15) is 0 Å². The number of thiophene rings is 1. The molecule has 1 aromatic heterocycles. The molecule has 0 spiro atoms. The topological polar surface area (TPSA) is 92.7 Å². The predicted octanol–water partition coefficient (Wildman–Crippen LogP) is 1.28. The highest BCUT2D eigenvalue weighted by Gasteiger charge is 2.34. The standard InChI is InChI=1S/C12H19NO5S2/c1-7-6-19-9(11(15)18-5)10(7)20(16,17)13-12(3,4)8(2)14/h6,8,13-14H,1-5H3. The predicted molar refractivity (Wildman–Crippen MR) is 76.5 cm³/mol. The molecule has 0 bridgehead atoms. The van der Waals surface area contributed by atoms with E-state index in [1.54, 1.807) is 26.2 Å². The third kappa shape index (κ3) is 3.38. The molecule has 1 unspecified atom stereocenters. The number of hydrogen-bond donors (Lipinski definition) is 2. The summed E-state index contributed by atoms with van der Waals surface area (Å²) in [7, 11) is -2.74. The fourth-order valence-corrected chi connectivity index (χ4v) is 4.67. The van der Waals surface area contributed by atoms with Crippen molar-refractivity contribution in [1.29, 1.82) is 0 Å². The minimum Gasteiger partial charge on any atom is -0.465 e. The summed E-state index contributed by atoms with van der Waals surface area (Å²) in [6, 6.07) is 0. The van der Waals surface area contributed by atoms with Crippen LogP contribution in [0.5, 0.6) is 0 Å². The van der Waals surface area contributed by atoms with Crippen molar-refractivity contribution in [2.45, 2.75) is 44.2 Å². The summed E-state index contributed by atoms with van der Waals surface area (Å²) in [5, 5.41) is 11.2. The fraction of sp³-hybridized carbons (Fsp3) is 0.583. The average Bonchev–Trinajstić information content (AvgIpc) is 2.69. The van der Waals surface area contributed by atoms with E-state index in [9.17, 15) is 18.3 Å². The summed E-state index contributed by atoms with van der Waals surface area (Å²) in [4.78, 5) is 11.6. The molecule has 0 aliphatic rings. The van der Waals surface area contributed by atoms with Gasteiger partial charge in [0, 0.05) is 0 Å². The van der Waals surface area contributed by atoms with Crippen molar-refractivity contribution in [3.63, 3.8) is 0 Å². The van der Waals surface area contributed by atoms with E-state index in [-0.39, 0.29) is 9.77 Å². The van der Waals surface area contributed by atoms with Crippen LogP contribution in [0.2, 0.25) is 0 Å². The van der Waals surface area contributed by atoms with Crippen LogP contribution < -0.4 is 4.72 Å². The molecule has 1 rings (SSSR count). The first-order chi connectivity index (χ1) is 9.03. The monoisotopic (exact) mass is 321 g/mol. The Hall–Kier alpha value is -0.960. The van der Waals surface area contributed by atoms with Crippen LogP contribution in [0.1, 0.15) is 36.0 Å². The molecule has 1 heterocycles. The molecule has 114 valence electrons. The maximum atomic E-state index is 12.5. The van der Waals surface area contributed by atoms with Gasteiger partial charge >= 0.3 is 5.97 Å². The molecule has 0 fully saturated rings. The highest BCUT2D eigenvalue weighted by Crippen LogP contribution is 2.28. The molecule has 6 nitrogen and oxygen atoms in total. The van der Waals surface area contributed by atoms with E-state index in [1.807, 2.05) is 0 Å². The normalized spacial score (nSPS) is 14.1. The summed E-state index contributed by atoms with van der Waals surface area (Å²) in [6.07, 6.45) is -0.891. The number of nitrogens with one attached hydrogen (secondary N) is 1. The lowest BCUT2D eigenvalue weighted by molar-refractivity contribution is 0.0602. The number of hydrogen-bond acceptors (Lipinski definition) is 6. The third-order valence-electron chi connectivity index (χ3n) is 3.00. The van der Waals surface area contributed by atoms with Crippen LogP contribution in [0, 0.1) is 6.92 Å². The van der Waals surface area contributed by atoms with E-state index in [4.69, 9.17) is 0 Å². The zero-order valence-electron chi connectivity index (χ0n) is 12.1. The number of aliphatic hydroxyl groups is 1. The lowest BCUT2D eigenvalue weighted by Gasteiger charge is -2.29. The van der Waals surface area contributed by atoms with Gasteiger partial charge in [-0.3, -0.25) is 0 Å². The molecular weight excluding hydrogens is 302 g/mol. The number of sulfonamides is 1. The summed E-state index contributed by atoms with van der Waals surface area (Å²) in [6.45, 7) is 6.22. The number of aliphatic hydroxyl groups excluding tert-OH is 1. The van der Waals surface area contributed by atoms with Gasteiger partial charge in [0.05, 0.1) is 18.8 Å². The number of ether oxygens (including phenoxy) is 1. The van der Waals surface area contributed by atoms with Crippen molar-refractivity contribution >= 4 is 27.3 Å². The second-order valence-electron chi connectivity index (χ2n) is 5.07. The summed E-state index contributed by atoms with van der Waals surface area (Å²) < 4.78 is 31.9. The van der Waals surface area contributed by atoms with E-state index < -0.39 is 27.6 Å². The Morgan fingerprint density at radius 1 is 1.50 bits per heavy atom. The summed E-state index contributed by atoms with van der Waals surface area (Å²) >= 11 is 1.01. The van der Waals surface area contributed by atoms with Crippen LogP contribution >= 0.6 is 11.3 Å². The van der Waals surface area contributed by atoms with E-state index in [2.05, 4.69) is 9.46 Å². The Bertz CT molecular complexity index is 601. The maximum absolute atomic E-state index is 12.5. The van der Waals surface area contributed by atoms with E-state index in [1.165, 1.54) is 14.0 Å². The molecule has 0 amide bonds. The van der Waals surface area contributed by atoms with Gasteiger partial charge in [-0.15, -0.1) is 11.3 Å². The van der Waals surface area contributed by atoms with Gasteiger partial charge in [-0.25, -0.2) is 17.9 Å². The van der Waals surface area contributed by atoms with Crippen LogP contribution in [-0.4, -0.2) is 38.2 Å². The molecule has 1 aromatic rings. The van der Waals surface area contributed by atoms with Gasteiger partial charge in [-0.1, -0.05) is 0 Å². The number of esters is 1. The van der Waals surface area contributed by atoms with Gasteiger partial charge in [0.25, 0.3) is 0 Å². The Morgan fingerprint density at radius 2 is 2.05 bits per heavy atom. The molecule has 2 N–H and O–H groups in total. The van der Waals surface area contributed by atoms with Gasteiger partial charge in [0.1, 0.15) is 9.77 Å². The zero-order valence-corrected chi connectivity index (χ0v) is 13.7. The van der Waals surface area contributed by atoms with Crippen LogP contribution in [0.15, 0.2) is 10.3 Å². The van der Waals surface area contributed by atoms with Crippen molar-refractivity contribution in [3.8, 4) is 0 Å². The van der Waals surface area contributed by atoms with Gasteiger partial charge in [0.15, 0.2) is 0 Å². The van der Waals surface area contributed by atoms with E-state index >= 15 is 0 Å². The highest BCUT2D eigenvalue weighted by molar-refractivity contribution is 7.89. The van der Waals surface area contributed by atoms with Crippen molar-refractivity contribution in [1.82, 2.24) is 4.72 Å². The fourth-order valence-electron chi connectivity index (χ4n) is 1.48.